The van der Waals surface area contributed by atoms with Crippen molar-refractivity contribution < 1.29 is 9.59 Å². The monoisotopic (exact) mass is 379 g/mol. The Morgan fingerprint density at radius 2 is 1.89 bits per heavy atom. The summed E-state index contributed by atoms with van der Waals surface area (Å²) in [6.45, 7) is 4.66. The number of nitrogens with one attached hydrogen (secondary N) is 3. The van der Waals surface area contributed by atoms with Gasteiger partial charge in [-0.15, -0.1) is 0 Å². The molecule has 1 aromatic heterocycles. The van der Waals surface area contributed by atoms with Gasteiger partial charge in [0.05, 0.1) is 5.56 Å². The number of nitrogens with zero attached hydrogens (tertiary/aromatic N) is 2. The molecule has 0 saturated carbocycles. The SMILES string of the molecule is CCC(C)C(NC(=O)c1ccccc1)C(=O)NCCNc1ncccc1C#N. The molecule has 28 heavy (non-hydrogen) atoms. The number of aromatic nitrogens is 1. The molecule has 3 N–H and O–H groups in total. The highest BCUT2D eigenvalue weighted by Crippen LogP contribution is 2.10. The fourth-order valence-corrected chi connectivity index (χ4v) is 2.63. The van der Waals surface area contributed by atoms with Crippen LogP contribution in [-0.2, 0) is 4.79 Å². The van der Waals surface area contributed by atoms with Gasteiger partial charge in [-0.2, -0.15) is 5.26 Å². The lowest BCUT2D eigenvalue weighted by atomic mass is 9.98. The van der Waals surface area contributed by atoms with Crippen molar-refractivity contribution in [2.75, 3.05) is 18.4 Å². The first kappa shape index (κ1) is 20.9. The average molecular weight is 379 g/mol. The third-order valence-corrected chi connectivity index (χ3v) is 4.46. The van der Waals surface area contributed by atoms with Gasteiger partial charge in [0, 0.05) is 24.8 Å². The van der Waals surface area contributed by atoms with Crippen LogP contribution in [0.2, 0.25) is 0 Å². The van der Waals surface area contributed by atoms with Gasteiger partial charge in [0.25, 0.3) is 5.91 Å². The van der Waals surface area contributed by atoms with Gasteiger partial charge in [0.1, 0.15) is 17.9 Å². The van der Waals surface area contributed by atoms with Gasteiger partial charge in [-0.25, -0.2) is 4.98 Å². The molecule has 0 aliphatic rings. The second-order valence-electron chi connectivity index (χ2n) is 6.43. The fraction of sp³-hybridized carbons (Fsp3) is 0.333. The van der Waals surface area contributed by atoms with Crippen LogP contribution < -0.4 is 16.0 Å². The molecule has 0 aliphatic carbocycles. The van der Waals surface area contributed by atoms with E-state index in [1.807, 2.05) is 19.9 Å². The second kappa shape index (κ2) is 10.7. The predicted molar refractivity (Wildman–Crippen MR) is 108 cm³/mol. The number of rotatable bonds is 9. The first-order valence-corrected chi connectivity index (χ1v) is 9.29. The number of hydrogen-bond donors (Lipinski definition) is 3. The lowest BCUT2D eigenvalue weighted by Crippen LogP contribution is -2.50. The molecule has 2 atom stereocenters. The molecular weight excluding hydrogens is 354 g/mol. The van der Waals surface area contributed by atoms with Gasteiger partial charge in [-0.05, 0) is 30.2 Å². The van der Waals surface area contributed by atoms with E-state index in [1.54, 1.807) is 42.6 Å². The molecule has 0 bridgehead atoms. The Balaban J connectivity index is 1.90. The summed E-state index contributed by atoms with van der Waals surface area (Å²) in [7, 11) is 0. The standard InChI is InChI=1S/C21H25N5O2/c1-3-15(2)18(26-20(27)16-8-5-4-6-9-16)21(28)25-13-12-24-19-17(14-22)10-7-11-23-19/h4-11,15,18H,3,12-13H2,1-2H3,(H,23,24)(H,25,28)(H,26,27). The highest BCUT2D eigenvalue weighted by molar-refractivity contribution is 5.97. The molecule has 2 rings (SSSR count). The molecule has 0 radical (unpaired) electrons. The van der Waals surface area contributed by atoms with Gasteiger partial charge in [0.15, 0.2) is 0 Å². The Morgan fingerprint density at radius 3 is 2.57 bits per heavy atom. The van der Waals surface area contributed by atoms with E-state index < -0.39 is 6.04 Å². The molecule has 2 aromatic rings. The zero-order chi connectivity index (χ0) is 20.4. The fourth-order valence-electron chi connectivity index (χ4n) is 2.63. The molecule has 146 valence electrons. The number of amides is 2. The molecule has 1 heterocycles. The summed E-state index contributed by atoms with van der Waals surface area (Å²) in [5, 5.41) is 17.8. The summed E-state index contributed by atoms with van der Waals surface area (Å²) >= 11 is 0. The van der Waals surface area contributed by atoms with Gasteiger partial charge in [-0.3, -0.25) is 9.59 Å². The van der Waals surface area contributed by atoms with E-state index in [9.17, 15) is 9.59 Å². The van der Waals surface area contributed by atoms with Crippen molar-refractivity contribution in [3.63, 3.8) is 0 Å². The van der Waals surface area contributed by atoms with Crippen molar-refractivity contribution in [2.24, 2.45) is 5.92 Å². The van der Waals surface area contributed by atoms with Gasteiger partial charge >= 0.3 is 0 Å². The third-order valence-electron chi connectivity index (χ3n) is 4.46. The summed E-state index contributed by atoms with van der Waals surface area (Å²) in [5.41, 5.74) is 0.964. The van der Waals surface area contributed by atoms with Crippen LogP contribution in [0.5, 0.6) is 0 Å². The van der Waals surface area contributed by atoms with Crippen LogP contribution in [0.25, 0.3) is 0 Å². The number of nitriles is 1. The molecule has 2 amide bonds. The summed E-state index contributed by atoms with van der Waals surface area (Å²) in [4.78, 5) is 29.2. The molecule has 7 heteroatoms. The minimum Gasteiger partial charge on any atom is -0.367 e. The first-order chi connectivity index (χ1) is 13.6. The maximum absolute atomic E-state index is 12.6. The lowest BCUT2D eigenvalue weighted by molar-refractivity contribution is -0.124. The number of carbonyl (C=O) groups is 2. The number of anilines is 1. The van der Waals surface area contributed by atoms with E-state index in [0.717, 1.165) is 6.42 Å². The highest BCUT2D eigenvalue weighted by Gasteiger charge is 2.25. The van der Waals surface area contributed by atoms with E-state index in [1.165, 1.54) is 0 Å². The Labute approximate surface area is 165 Å². The van der Waals surface area contributed by atoms with Crippen molar-refractivity contribution in [1.29, 1.82) is 5.26 Å². The van der Waals surface area contributed by atoms with Crippen molar-refractivity contribution in [3.05, 3.63) is 59.8 Å². The predicted octanol–water partition coefficient (Wildman–Crippen LogP) is 2.33. The highest BCUT2D eigenvalue weighted by atomic mass is 16.2. The topological polar surface area (TPSA) is 107 Å². The number of hydrogen-bond acceptors (Lipinski definition) is 5. The van der Waals surface area contributed by atoms with E-state index in [0.29, 0.717) is 30.0 Å². The van der Waals surface area contributed by atoms with E-state index in [4.69, 9.17) is 5.26 Å². The molecule has 1 aromatic carbocycles. The second-order valence-corrected chi connectivity index (χ2v) is 6.43. The average Bonchev–Trinajstić information content (AvgIpc) is 2.75. The Morgan fingerprint density at radius 1 is 1.14 bits per heavy atom. The van der Waals surface area contributed by atoms with Crippen LogP contribution in [0, 0.1) is 17.2 Å². The van der Waals surface area contributed by atoms with Crippen LogP contribution >= 0.6 is 0 Å². The van der Waals surface area contributed by atoms with E-state index >= 15 is 0 Å². The lowest BCUT2D eigenvalue weighted by Gasteiger charge is -2.23. The zero-order valence-electron chi connectivity index (χ0n) is 16.1. The smallest absolute Gasteiger partial charge is 0.251 e. The maximum atomic E-state index is 12.6. The normalized spacial score (nSPS) is 12.3. The van der Waals surface area contributed by atoms with Crippen LogP contribution in [0.3, 0.4) is 0 Å². The summed E-state index contributed by atoms with van der Waals surface area (Å²) in [6, 6.07) is 13.6. The van der Waals surface area contributed by atoms with Crippen molar-refractivity contribution in [1.82, 2.24) is 15.6 Å². The minimum atomic E-state index is -0.623. The van der Waals surface area contributed by atoms with Gasteiger partial charge < -0.3 is 16.0 Å². The van der Waals surface area contributed by atoms with Crippen molar-refractivity contribution in [3.8, 4) is 6.07 Å². The van der Waals surface area contributed by atoms with Gasteiger partial charge in [0.2, 0.25) is 5.91 Å². The van der Waals surface area contributed by atoms with Crippen LogP contribution in [0.15, 0.2) is 48.7 Å². The number of benzene rings is 1. The summed E-state index contributed by atoms with van der Waals surface area (Å²) in [6.07, 6.45) is 2.35. The minimum absolute atomic E-state index is 0.0124. The Hall–Kier alpha value is -3.40. The van der Waals surface area contributed by atoms with Crippen molar-refractivity contribution in [2.45, 2.75) is 26.3 Å². The largest absolute Gasteiger partial charge is 0.367 e. The number of carbonyl (C=O) groups excluding carboxylic acids is 2. The van der Waals surface area contributed by atoms with Crippen LogP contribution in [-0.4, -0.2) is 35.9 Å². The Kier molecular flexibility index (Phi) is 7.97. The van der Waals surface area contributed by atoms with Crippen LogP contribution in [0.1, 0.15) is 36.2 Å². The quantitative estimate of drug-likeness (QED) is 0.580. The van der Waals surface area contributed by atoms with Crippen molar-refractivity contribution >= 4 is 17.6 Å². The maximum Gasteiger partial charge on any atom is 0.251 e. The summed E-state index contributed by atoms with van der Waals surface area (Å²) in [5.74, 6) is -0.0370. The first-order valence-electron chi connectivity index (χ1n) is 9.29. The third kappa shape index (κ3) is 5.81. The summed E-state index contributed by atoms with van der Waals surface area (Å²) < 4.78 is 0. The zero-order valence-corrected chi connectivity index (χ0v) is 16.1. The molecular formula is C21H25N5O2. The number of pyridine rings is 1. The Bertz CT molecular complexity index is 832. The van der Waals surface area contributed by atoms with Crippen LogP contribution in [0.4, 0.5) is 5.82 Å². The molecule has 0 aliphatic heterocycles. The van der Waals surface area contributed by atoms with E-state index in [2.05, 4.69) is 27.0 Å². The molecule has 2 unspecified atom stereocenters. The molecule has 0 fully saturated rings. The molecule has 0 saturated heterocycles. The molecule has 7 nitrogen and oxygen atoms in total. The van der Waals surface area contributed by atoms with E-state index in [-0.39, 0.29) is 17.7 Å². The van der Waals surface area contributed by atoms with Gasteiger partial charge in [-0.1, -0.05) is 38.5 Å². The molecule has 0 spiro atoms.